The molecule has 0 spiro atoms. The predicted molar refractivity (Wildman–Crippen MR) is 89.6 cm³/mol. The second-order valence-electron chi connectivity index (χ2n) is 6.80. The van der Waals surface area contributed by atoms with E-state index in [4.69, 9.17) is 9.47 Å². The van der Waals surface area contributed by atoms with Crippen LogP contribution in [-0.2, 0) is 16.0 Å². The highest BCUT2D eigenvalue weighted by molar-refractivity contribution is 5.80. The third-order valence-corrected chi connectivity index (χ3v) is 4.69. The maximum atomic E-state index is 12.9. The minimum atomic E-state index is 0.108. The molecule has 1 saturated heterocycles. The number of hydrogen-bond donors (Lipinski definition) is 0. The van der Waals surface area contributed by atoms with Gasteiger partial charge in [-0.3, -0.25) is 4.79 Å². The Bertz CT molecular complexity index is 543. The van der Waals surface area contributed by atoms with Gasteiger partial charge in [0, 0.05) is 18.7 Å². The monoisotopic (exact) mass is 317 g/mol. The molecule has 1 amide bonds. The fourth-order valence-corrected chi connectivity index (χ4v) is 3.69. The summed E-state index contributed by atoms with van der Waals surface area (Å²) in [5.41, 5.74) is 0.978. The van der Waals surface area contributed by atoms with Gasteiger partial charge in [-0.25, -0.2) is 0 Å². The van der Waals surface area contributed by atoms with Crippen LogP contribution in [0.1, 0.15) is 45.1 Å². The Morgan fingerprint density at radius 1 is 1.30 bits per heavy atom. The Kier molecular flexibility index (Phi) is 5.21. The Labute approximate surface area is 138 Å². The Balaban J connectivity index is 1.73. The number of fused-ring (bicyclic) bond motifs is 1. The van der Waals surface area contributed by atoms with E-state index in [-0.39, 0.29) is 24.2 Å². The summed E-state index contributed by atoms with van der Waals surface area (Å²) in [7, 11) is 0. The standard InChI is InChI=1S/C19H27NO3/c1-14(2)23-17-9-4-3-7-15(17)13-19(21)20-11-6-12-22-18-10-5-8-16(18)20/h3-4,7,9,14,16,18H,5-6,8,10-13H2,1-2H3/t16-,18+/m1/s1. The average molecular weight is 317 g/mol. The Morgan fingerprint density at radius 3 is 2.96 bits per heavy atom. The molecule has 1 aliphatic carbocycles. The fourth-order valence-electron chi connectivity index (χ4n) is 3.69. The van der Waals surface area contributed by atoms with Gasteiger partial charge in [0.25, 0.3) is 0 Å². The fraction of sp³-hybridized carbons (Fsp3) is 0.632. The summed E-state index contributed by atoms with van der Waals surface area (Å²) in [6.45, 7) is 5.60. The SMILES string of the molecule is CC(C)Oc1ccccc1CC(=O)N1CCCO[C@H]2CCC[C@H]21. The molecule has 0 N–H and O–H groups in total. The normalized spacial score (nSPS) is 24.4. The van der Waals surface area contributed by atoms with Gasteiger partial charge in [-0.05, 0) is 45.6 Å². The van der Waals surface area contributed by atoms with Crippen LogP contribution in [-0.4, -0.2) is 42.2 Å². The molecule has 0 aromatic heterocycles. The maximum Gasteiger partial charge on any atom is 0.227 e. The van der Waals surface area contributed by atoms with Crippen molar-refractivity contribution in [3.05, 3.63) is 29.8 Å². The molecule has 1 aromatic rings. The smallest absolute Gasteiger partial charge is 0.227 e. The van der Waals surface area contributed by atoms with E-state index >= 15 is 0 Å². The lowest BCUT2D eigenvalue weighted by molar-refractivity contribution is -0.134. The predicted octanol–water partition coefficient (Wildman–Crippen LogP) is 3.19. The summed E-state index contributed by atoms with van der Waals surface area (Å²) in [4.78, 5) is 15.0. The van der Waals surface area contributed by atoms with Crippen molar-refractivity contribution in [2.24, 2.45) is 0 Å². The molecular formula is C19H27NO3. The molecule has 2 fully saturated rings. The zero-order valence-electron chi connectivity index (χ0n) is 14.2. The number of carbonyl (C=O) groups excluding carboxylic acids is 1. The van der Waals surface area contributed by atoms with E-state index in [9.17, 15) is 4.79 Å². The van der Waals surface area contributed by atoms with Gasteiger partial charge in [-0.1, -0.05) is 18.2 Å². The van der Waals surface area contributed by atoms with Crippen molar-refractivity contribution in [1.82, 2.24) is 4.90 Å². The number of rotatable bonds is 4. The van der Waals surface area contributed by atoms with E-state index in [0.717, 1.165) is 50.1 Å². The van der Waals surface area contributed by atoms with Gasteiger partial charge in [-0.2, -0.15) is 0 Å². The molecule has 23 heavy (non-hydrogen) atoms. The topological polar surface area (TPSA) is 38.8 Å². The molecule has 0 unspecified atom stereocenters. The number of carbonyl (C=O) groups is 1. The van der Waals surface area contributed by atoms with E-state index < -0.39 is 0 Å². The van der Waals surface area contributed by atoms with E-state index in [1.165, 1.54) is 0 Å². The Morgan fingerprint density at radius 2 is 2.13 bits per heavy atom. The van der Waals surface area contributed by atoms with Gasteiger partial charge >= 0.3 is 0 Å². The first kappa shape index (κ1) is 16.3. The quantitative estimate of drug-likeness (QED) is 0.856. The minimum absolute atomic E-state index is 0.108. The van der Waals surface area contributed by atoms with Crippen LogP contribution in [0.4, 0.5) is 0 Å². The van der Waals surface area contributed by atoms with Crippen molar-refractivity contribution in [2.45, 2.75) is 64.2 Å². The third-order valence-electron chi connectivity index (χ3n) is 4.69. The highest BCUT2D eigenvalue weighted by Gasteiger charge is 2.36. The van der Waals surface area contributed by atoms with E-state index in [0.29, 0.717) is 6.42 Å². The molecule has 4 heteroatoms. The maximum absolute atomic E-state index is 12.9. The van der Waals surface area contributed by atoms with Gasteiger partial charge in [0.1, 0.15) is 5.75 Å². The van der Waals surface area contributed by atoms with Crippen LogP contribution >= 0.6 is 0 Å². The van der Waals surface area contributed by atoms with Crippen LogP contribution in [0.2, 0.25) is 0 Å². The number of benzene rings is 1. The lowest BCUT2D eigenvalue weighted by Gasteiger charge is -2.30. The zero-order valence-corrected chi connectivity index (χ0v) is 14.2. The minimum Gasteiger partial charge on any atom is -0.491 e. The molecule has 1 saturated carbocycles. The van der Waals surface area contributed by atoms with Gasteiger partial charge < -0.3 is 14.4 Å². The first-order chi connectivity index (χ1) is 11.1. The number of para-hydroxylation sites is 1. The molecule has 3 rings (SSSR count). The van der Waals surface area contributed by atoms with Crippen molar-refractivity contribution in [2.75, 3.05) is 13.2 Å². The molecule has 126 valence electrons. The second kappa shape index (κ2) is 7.35. The van der Waals surface area contributed by atoms with Crippen LogP contribution in [0.15, 0.2) is 24.3 Å². The van der Waals surface area contributed by atoms with E-state index in [2.05, 4.69) is 4.90 Å². The summed E-state index contributed by atoms with van der Waals surface area (Å²) < 4.78 is 11.8. The van der Waals surface area contributed by atoms with E-state index in [1.807, 2.05) is 38.1 Å². The molecule has 0 bridgehead atoms. The van der Waals surface area contributed by atoms with Crippen LogP contribution in [0.3, 0.4) is 0 Å². The number of amides is 1. The summed E-state index contributed by atoms with van der Waals surface area (Å²) >= 11 is 0. The van der Waals surface area contributed by atoms with Crippen molar-refractivity contribution in [3.63, 3.8) is 0 Å². The molecule has 4 nitrogen and oxygen atoms in total. The molecule has 0 radical (unpaired) electrons. The largest absolute Gasteiger partial charge is 0.491 e. The van der Waals surface area contributed by atoms with Crippen LogP contribution in [0.25, 0.3) is 0 Å². The molecule has 1 heterocycles. The van der Waals surface area contributed by atoms with Crippen LogP contribution in [0.5, 0.6) is 5.75 Å². The second-order valence-corrected chi connectivity index (χ2v) is 6.80. The van der Waals surface area contributed by atoms with Gasteiger partial charge in [0.15, 0.2) is 0 Å². The summed E-state index contributed by atoms with van der Waals surface area (Å²) in [6, 6.07) is 8.14. The summed E-state index contributed by atoms with van der Waals surface area (Å²) in [6.07, 6.45) is 5.00. The molecule has 1 aliphatic heterocycles. The van der Waals surface area contributed by atoms with Crippen molar-refractivity contribution >= 4 is 5.91 Å². The van der Waals surface area contributed by atoms with Crippen molar-refractivity contribution in [3.8, 4) is 5.75 Å². The molecule has 2 aliphatic rings. The van der Waals surface area contributed by atoms with Gasteiger partial charge in [0.2, 0.25) is 5.91 Å². The van der Waals surface area contributed by atoms with Crippen LogP contribution < -0.4 is 4.74 Å². The number of nitrogens with zero attached hydrogens (tertiary/aromatic N) is 1. The van der Waals surface area contributed by atoms with Crippen LogP contribution in [0, 0.1) is 0 Å². The lowest BCUT2D eigenvalue weighted by atomic mass is 10.1. The molecule has 1 aromatic carbocycles. The van der Waals surface area contributed by atoms with Gasteiger partial charge in [-0.15, -0.1) is 0 Å². The van der Waals surface area contributed by atoms with E-state index in [1.54, 1.807) is 0 Å². The average Bonchev–Trinajstić information content (AvgIpc) is 2.88. The first-order valence-electron chi connectivity index (χ1n) is 8.81. The number of hydrogen-bond acceptors (Lipinski definition) is 3. The van der Waals surface area contributed by atoms with Crippen molar-refractivity contribution in [1.29, 1.82) is 0 Å². The zero-order chi connectivity index (χ0) is 16.2. The lowest BCUT2D eigenvalue weighted by Crippen LogP contribution is -2.44. The molecular weight excluding hydrogens is 290 g/mol. The highest BCUT2D eigenvalue weighted by atomic mass is 16.5. The first-order valence-corrected chi connectivity index (χ1v) is 8.81. The third kappa shape index (κ3) is 3.86. The Hall–Kier alpha value is -1.55. The van der Waals surface area contributed by atoms with Crippen molar-refractivity contribution < 1.29 is 14.3 Å². The highest BCUT2D eigenvalue weighted by Crippen LogP contribution is 2.30. The molecule has 2 atom stereocenters. The summed E-state index contributed by atoms with van der Waals surface area (Å²) in [5, 5.41) is 0. The summed E-state index contributed by atoms with van der Waals surface area (Å²) in [5.74, 6) is 1.03. The number of ether oxygens (including phenoxy) is 2. The van der Waals surface area contributed by atoms with Gasteiger partial charge in [0.05, 0.1) is 24.7 Å².